The van der Waals surface area contributed by atoms with E-state index in [4.69, 9.17) is 5.26 Å². The standard InChI is InChI=1S/C15H12F3N3O4S2/c16-15(17,18)25-10-3-1-9(2-4-10)21-11-7-27(23,24)8-12(11)26-14(21)20-13(22)5-6-19/h1-4,11-12H,5,7-8H2. The van der Waals surface area contributed by atoms with Gasteiger partial charge < -0.3 is 9.64 Å². The maximum absolute atomic E-state index is 12.3. The number of anilines is 1. The number of alkyl halides is 3. The van der Waals surface area contributed by atoms with E-state index in [1.54, 1.807) is 6.07 Å². The van der Waals surface area contributed by atoms with Gasteiger partial charge in [0.25, 0.3) is 5.91 Å². The topological polar surface area (TPSA) is 99.8 Å². The van der Waals surface area contributed by atoms with E-state index in [0.29, 0.717) is 5.69 Å². The van der Waals surface area contributed by atoms with Crippen molar-refractivity contribution in [2.75, 3.05) is 16.4 Å². The number of ether oxygens (including phenoxy) is 1. The molecule has 144 valence electrons. The Bertz CT molecular complexity index is 923. The second-order valence-electron chi connectivity index (χ2n) is 5.84. The summed E-state index contributed by atoms with van der Waals surface area (Å²) < 4.78 is 64.6. The molecule has 3 rings (SSSR count). The van der Waals surface area contributed by atoms with Crippen molar-refractivity contribution < 1.29 is 31.1 Å². The van der Waals surface area contributed by atoms with Crippen molar-refractivity contribution in [2.45, 2.75) is 24.1 Å². The minimum Gasteiger partial charge on any atom is -0.406 e. The number of fused-ring (bicyclic) bond motifs is 1. The van der Waals surface area contributed by atoms with Crippen LogP contribution in [0.2, 0.25) is 0 Å². The average Bonchev–Trinajstić information content (AvgIpc) is 2.98. The largest absolute Gasteiger partial charge is 0.573 e. The maximum atomic E-state index is 12.3. The monoisotopic (exact) mass is 419 g/mol. The van der Waals surface area contributed by atoms with Crippen molar-refractivity contribution in [3.8, 4) is 11.8 Å². The van der Waals surface area contributed by atoms with Crippen molar-refractivity contribution in [2.24, 2.45) is 4.99 Å². The third-order valence-electron chi connectivity index (χ3n) is 3.87. The first-order chi connectivity index (χ1) is 12.6. The lowest BCUT2D eigenvalue weighted by Crippen LogP contribution is -2.37. The summed E-state index contributed by atoms with van der Waals surface area (Å²) >= 11 is 1.11. The maximum Gasteiger partial charge on any atom is 0.573 e. The number of carbonyl (C=O) groups excluding carboxylic acids is 1. The fourth-order valence-electron chi connectivity index (χ4n) is 2.89. The van der Waals surface area contributed by atoms with E-state index in [1.807, 2.05) is 0 Å². The first kappa shape index (κ1) is 19.5. The fourth-order valence-corrected chi connectivity index (χ4v) is 6.82. The molecule has 2 aliphatic rings. The Morgan fingerprint density at radius 2 is 2.00 bits per heavy atom. The number of nitriles is 1. The highest BCUT2D eigenvalue weighted by Gasteiger charge is 2.49. The summed E-state index contributed by atoms with van der Waals surface area (Å²) in [5, 5.41) is 8.48. The molecule has 7 nitrogen and oxygen atoms in total. The van der Waals surface area contributed by atoms with Gasteiger partial charge in [-0.05, 0) is 24.3 Å². The predicted octanol–water partition coefficient (Wildman–Crippen LogP) is 2.10. The number of benzene rings is 1. The number of halogens is 3. The van der Waals surface area contributed by atoms with E-state index < -0.39 is 40.3 Å². The Morgan fingerprint density at radius 3 is 2.59 bits per heavy atom. The number of sulfone groups is 1. The fraction of sp³-hybridized carbons (Fsp3) is 0.400. The quantitative estimate of drug-likeness (QED) is 0.740. The first-order valence-electron chi connectivity index (χ1n) is 7.58. The van der Waals surface area contributed by atoms with E-state index in [-0.39, 0.29) is 21.9 Å². The van der Waals surface area contributed by atoms with Crippen LogP contribution in [0.15, 0.2) is 29.3 Å². The Morgan fingerprint density at radius 1 is 1.33 bits per heavy atom. The van der Waals surface area contributed by atoms with Crippen LogP contribution in [0.25, 0.3) is 0 Å². The second-order valence-corrected chi connectivity index (χ2v) is 9.20. The van der Waals surface area contributed by atoms with Crippen LogP contribution >= 0.6 is 11.8 Å². The molecule has 12 heteroatoms. The molecule has 0 N–H and O–H groups in total. The Hall–Kier alpha value is -2.26. The van der Waals surface area contributed by atoms with Gasteiger partial charge in [0, 0.05) is 10.9 Å². The average molecular weight is 419 g/mol. The molecule has 1 aromatic carbocycles. The lowest BCUT2D eigenvalue weighted by atomic mass is 10.2. The zero-order valence-corrected chi connectivity index (χ0v) is 15.1. The highest BCUT2D eigenvalue weighted by Crippen LogP contribution is 2.41. The number of aliphatic imine (C=N–C) groups is 1. The van der Waals surface area contributed by atoms with Gasteiger partial charge in [-0.15, -0.1) is 13.2 Å². The van der Waals surface area contributed by atoms with Crippen LogP contribution in [-0.2, 0) is 14.6 Å². The number of thioether (sulfide) groups is 1. The molecule has 2 fully saturated rings. The minimum atomic E-state index is -4.83. The van der Waals surface area contributed by atoms with Crippen molar-refractivity contribution in [1.29, 1.82) is 5.26 Å². The molecule has 2 aliphatic heterocycles. The zero-order chi connectivity index (χ0) is 19.8. The highest BCUT2D eigenvalue weighted by atomic mass is 32.2. The summed E-state index contributed by atoms with van der Waals surface area (Å²) in [7, 11) is -3.27. The molecule has 0 radical (unpaired) electrons. The smallest absolute Gasteiger partial charge is 0.406 e. The first-order valence-corrected chi connectivity index (χ1v) is 10.3. The van der Waals surface area contributed by atoms with E-state index in [0.717, 1.165) is 23.9 Å². The molecule has 1 aromatic rings. The number of nitrogens with zero attached hydrogens (tertiary/aromatic N) is 3. The van der Waals surface area contributed by atoms with Crippen LogP contribution in [0, 0.1) is 11.3 Å². The minimum absolute atomic E-state index is 0.0838. The Labute approximate surface area is 156 Å². The summed E-state index contributed by atoms with van der Waals surface area (Å²) in [6.07, 6.45) is -5.25. The van der Waals surface area contributed by atoms with Crippen molar-refractivity contribution in [3.05, 3.63) is 24.3 Å². The van der Waals surface area contributed by atoms with Gasteiger partial charge >= 0.3 is 6.36 Å². The number of hydrogen-bond donors (Lipinski definition) is 0. The van der Waals surface area contributed by atoms with Crippen molar-refractivity contribution in [1.82, 2.24) is 0 Å². The van der Waals surface area contributed by atoms with Crippen LogP contribution in [0.3, 0.4) is 0 Å². The summed E-state index contributed by atoms with van der Waals surface area (Å²) in [5.74, 6) is -1.34. The molecule has 0 spiro atoms. The normalized spacial score (nSPS) is 25.3. The molecular weight excluding hydrogens is 407 g/mol. The third kappa shape index (κ3) is 4.54. The number of carbonyl (C=O) groups is 1. The molecule has 2 atom stereocenters. The second kappa shape index (κ2) is 7.05. The molecule has 2 saturated heterocycles. The lowest BCUT2D eigenvalue weighted by molar-refractivity contribution is -0.274. The van der Waals surface area contributed by atoms with Crippen LogP contribution in [0.1, 0.15) is 6.42 Å². The van der Waals surface area contributed by atoms with Gasteiger partial charge in [-0.25, -0.2) is 8.42 Å². The number of amidine groups is 1. The summed E-state index contributed by atoms with van der Waals surface area (Å²) in [4.78, 5) is 17.1. The van der Waals surface area contributed by atoms with Crippen molar-refractivity contribution >= 4 is 38.4 Å². The van der Waals surface area contributed by atoms with E-state index in [1.165, 1.54) is 17.0 Å². The van der Waals surface area contributed by atoms with E-state index >= 15 is 0 Å². The number of rotatable bonds is 3. The molecule has 2 unspecified atom stereocenters. The van der Waals surface area contributed by atoms with Crippen molar-refractivity contribution in [3.63, 3.8) is 0 Å². The molecular formula is C15H12F3N3O4S2. The zero-order valence-electron chi connectivity index (χ0n) is 13.5. The third-order valence-corrected chi connectivity index (χ3v) is 7.08. The van der Waals surface area contributed by atoms with Gasteiger partial charge in [-0.3, -0.25) is 4.79 Å². The van der Waals surface area contributed by atoms with Gasteiger partial charge in [-0.1, -0.05) is 11.8 Å². The van der Waals surface area contributed by atoms with Gasteiger partial charge in [0.1, 0.15) is 12.2 Å². The molecule has 27 heavy (non-hydrogen) atoms. The van der Waals surface area contributed by atoms with Gasteiger partial charge in [0.15, 0.2) is 15.0 Å². The number of hydrogen-bond acceptors (Lipinski definition) is 6. The molecule has 1 amide bonds. The SMILES string of the molecule is N#CCC(=O)N=C1SC2CS(=O)(=O)CC2N1c1ccc(OC(F)(F)F)cc1. The molecule has 0 saturated carbocycles. The summed E-state index contributed by atoms with van der Waals surface area (Å²) in [6, 6.07) is 6.05. The predicted molar refractivity (Wildman–Crippen MR) is 92.1 cm³/mol. The number of amides is 1. The lowest BCUT2D eigenvalue weighted by Gasteiger charge is -2.24. The van der Waals surface area contributed by atoms with Crippen LogP contribution < -0.4 is 9.64 Å². The van der Waals surface area contributed by atoms with Crippen LogP contribution in [0.5, 0.6) is 5.75 Å². The Kier molecular flexibility index (Phi) is 5.09. The highest BCUT2D eigenvalue weighted by molar-refractivity contribution is 8.16. The molecule has 2 heterocycles. The van der Waals surface area contributed by atoms with E-state index in [9.17, 15) is 26.4 Å². The van der Waals surface area contributed by atoms with Gasteiger partial charge in [0.2, 0.25) is 0 Å². The molecule has 0 bridgehead atoms. The van der Waals surface area contributed by atoms with Gasteiger partial charge in [0.05, 0.1) is 23.6 Å². The van der Waals surface area contributed by atoms with Gasteiger partial charge in [-0.2, -0.15) is 10.3 Å². The van der Waals surface area contributed by atoms with Crippen LogP contribution in [0.4, 0.5) is 18.9 Å². The summed E-state index contributed by atoms with van der Waals surface area (Å²) in [6.45, 7) is 0. The molecule has 0 aliphatic carbocycles. The van der Waals surface area contributed by atoms with Crippen LogP contribution in [-0.4, -0.2) is 48.7 Å². The molecule has 0 aromatic heterocycles. The van der Waals surface area contributed by atoms with E-state index in [2.05, 4.69) is 9.73 Å². The Balaban J connectivity index is 1.92. The summed E-state index contributed by atoms with van der Waals surface area (Å²) in [5.41, 5.74) is 0.380.